The summed E-state index contributed by atoms with van der Waals surface area (Å²) in [7, 11) is 1.70. The van der Waals surface area contributed by atoms with Crippen LogP contribution in [0.15, 0.2) is 0 Å². The maximum absolute atomic E-state index is 13.0. The third-order valence-corrected chi connectivity index (χ3v) is 5.36. The minimum absolute atomic E-state index is 0.309. The molecule has 0 bridgehead atoms. The van der Waals surface area contributed by atoms with E-state index in [1.54, 1.807) is 7.11 Å². The molecule has 1 amide bonds. The fourth-order valence-corrected chi connectivity index (χ4v) is 3.89. The number of carbonyl (C=O) groups excluding carboxylic acids is 1. The summed E-state index contributed by atoms with van der Waals surface area (Å²) in [5.74, 6) is 1.03. The summed E-state index contributed by atoms with van der Waals surface area (Å²) < 4.78 is 5.36. The Hall–Kier alpha value is -0.610. The van der Waals surface area contributed by atoms with E-state index in [1.165, 1.54) is 6.42 Å². The Labute approximate surface area is 129 Å². The highest BCUT2D eigenvalue weighted by Crippen LogP contribution is 2.36. The molecule has 21 heavy (non-hydrogen) atoms. The second-order valence-electron chi connectivity index (χ2n) is 7.93. The van der Waals surface area contributed by atoms with Gasteiger partial charge in [0.2, 0.25) is 5.91 Å². The number of hydrogen-bond acceptors (Lipinski definition) is 3. The van der Waals surface area contributed by atoms with Gasteiger partial charge in [0.05, 0.1) is 12.0 Å². The van der Waals surface area contributed by atoms with Crippen LogP contribution in [0, 0.1) is 16.7 Å². The predicted molar refractivity (Wildman–Crippen MR) is 85.2 cm³/mol. The van der Waals surface area contributed by atoms with Crippen molar-refractivity contribution >= 4 is 5.91 Å². The Morgan fingerprint density at radius 2 is 2.10 bits per heavy atom. The number of nitrogens with zero attached hydrogens (tertiary/aromatic N) is 1. The second kappa shape index (κ2) is 6.66. The number of methoxy groups -OCH3 is 1. The van der Waals surface area contributed by atoms with Crippen LogP contribution in [0.5, 0.6) is 0 Å². The van der Waals surface area contributed by atoms with E-state index in [4.69, 9.17) is 4.74 Å². The van der Waals surface area contributed by atoms with E-state index in [0.717, 1.165) is 51.4 Å². The maximum Gasteiger partial charge on any atom is 0.232 e. The minimum Gasteiger partial charge on any atom is -0.384 e. The van der Waals surface area contributed by atoms with Gasteiger partial charge in [-0.05, 0) is 43.6 Å². The molecule has 2 unspecified atom stereocenters. The number of ether oxygens (including phenoxy) is 1. The van der Waals surface area contributed by atoms with Gasteiger partial charge in [-0.3, -0.25) is 4.79 Å². The van der Waals surface area contributed by atoms with Crippen LogP contribution in [0.1, 0.15) is 46.5 Å². The number of hydrogen-bond donors (Lipinski definition) is 1. The normalized spacial score (nSPS) is 31.2. The first-order chi connectivity index (χ1) is 9.89. The quantitative estimate of drug-likeness (QED) is 0.869. The van der Waals surface area contributed by atoms with Gasteiger partial charge in [0.1, 0.15) is 0 Å². The molecule has 2 heterocycles. The van der Waals surface area contributed by atoms with Gasteiger partial charge >= 0.3 is 0 Å². The first-order valence-corrected chi connectivity index (χ1v) is 8.38. The van der Waals surface area contributed by atoms with E-state index < -0.39 is 0 Å². The Morgan fingerprint density at radius 3 is 2.67 bits per heavy atom. The van der Waals surface area contributed by atoms with Crippen LogP contribution < -0.4 is 5.32 Å². The Bertz CT molecular complexity index is 356. The van der Waals surface area contributed by atoms with Crippen LogP contribution in [0.25, 0.3) is 0 Å². The van der Waals surface area contributed by atoms with E-state index in [0.29, 0.717) is 17.9 Å². The molecule has 0 radical (unpaired) electrons. The average Bonchev–Trinajstić information content (AvgIpc) is 2.74. The summed E-state index contributed by atoms with van der Waals surface area (Å²) in [4.78, 5) is 15.1. The highest BCUT2D eigenvalue weighted by atomic mass is 16.5. The van der Waals surface area contributed by atoms with Crippen molar-refractivity contribution < 1.29 is 9.53 Å². The van der Waals surface area contributed by atoms with Crippen molar-refractivity contribution in [1.82, 2.24) is 10.2 Å². The molecule has 2 rings (SSSR count). The molecule has 0 saturated carbocycles. The SMILES string of the molecule is COCC1(C(=O)N2CCCC(C(C)(C)C)CC2)CCNC1. The van der Waals surface area contributed by atoms with E-state index in [2.05, 4.69) is 31.0 Å². The lowest BCUT2D eigenvalue weighted by molar-refractivity contribution is -0.144. The van der Waals surface area contributed by atoms with E-state index >= 15 is 0 Å². The van der Waals surface area contributed by atoms with Gasteiger partial charge in [-0.1, -0.05) is 20.8 Å². The molecule has 0 aromatic rings. The third-order valence-electron chi connectivity index (χ3n) is 5.36. The number of nitrogens with one attached hydrogen (secondary N) is 1. The molecule has 1 N–H and O–H groups in total. The molecule has 122 valence electrons. The van der Waals surface area contributed by atoms with Crippen molar-refractivity contribution in [2.75, 3.05) is 39.9 Å². The highest BCUT2D eigenvalue weighted by Gasteiger charge is 2.44. The van der Waals surface area contributed by atoms with Crippen LogP contribution in [0.4, 0.5) is 0 Å². The van der Waals surface area contributed by atoms with Gasteiger partial charge in [0, 0.05) is 26.7 Å². The number of likely N-dealkylation sites (tertiary alicyclic amines) is 1. The molecule has 4 nitrogen and oxygen atoms in total. The van der Waals surface area contributed by atoms with Crippen LogP contribution in [-0.2, 0) is 9.53 Å². The summed E-state index contributed by atoms with van der Waals surface area (Å²) in [6.45, 7) is 11.0. The number of amides is 1. The van der Waals surface area contributed by atoms with Gasteiger partial charge in [-0.25, -0.2) is 0 Å². The van der Waals surface area contributed by atoms with Crippen LogP contribution in [-0.4, -0.2) is 50.7 Å². The smallest absolute Gasteiger partial charge is 0.232 e. The lowest BCUT2D eigenvalue weighted by Gasteiger charge is -2.33. The summed E-state index contributed by atoms with van der Waals surface area (Å²) in [6, 6.07) is 0. The minimum atomic E-state index is -0.323. The van der Waals surface area contributed by atoms with Crippen LogP contribution in [0.2, 0.25) is 0 Å². The molecule has 2 fully saturated rings. The van der Waals surface area contributed by atoms with Crippen molar-refractivity contribution in [2.45, 2.75) is 46.5 Å². The maximum atomic E-state index is 13.0. The molecule has 0 aromatic carbocycles. The molecular weight excluding hydrogens is 264 g/mol. The summed E-state index contributed by atoms with van der Waals surface area (Å²) >= 11 is 0. The standard InChI is InChI=1S/C17H32N2O2/c1-16(2,3)14-6-5-10-19(11-7-14)15(20)17(13-21-4)8-9-18-12-17/h14,18H,5-13H2,1-4H3. The summed E-state index contributed by atoms with van der Waals surface area (Å²) in [5.41, 5.74) is 0.0223. The molecule has 0 aromatic heterocycles. The Balaban J connectivity index is 2.02. The molecule has 2 aliphatic rings. The van der Waals surface area contributed by atoms with E-state index in [-0.39, 0.29) is 5.41 Å². The van der Waals surface area contributed by atoms with Crippen molar-refractivity contribution in [1.29, 1.82) is 0 Å². The lowest BCUT2D eigenvalue weighted by atomic mass is 9.77. The monoisotopic (exact) mass is 296 g/mol. The molecule has 4 heteroatoms. The molecule has 2 aliphatic heterocycles. The zero-order chi connectivity index (χ0) is 15.5. The number of carbonyl (C=O) groups is 1. The lowest BCUT2D eigenvalue weighted by Crippen LogP contribution is -2.48. The van der Waals surface area contributed by atoms with Gasteiger partial charge in [0.15, 0.2) is 0 Å². The van der Waals surface area contributed by atoms with Crippen molar-refractivity contribution in [3.05, 3.63) is 0 Å². The fraction of sp³-hybridized carbons (Fsp3) is 0.941. The van der Waals surface area contributed by atoms with Crippen molar-refractivity contribution in [3.63, 3.8) is 0 Å². The topological polar surface area (TPSA) is 41.6 Å². The number of rotatable bonds is 3. The fourth-order valence-electron chi connectivity index (χ4n) is 3.89. The summed E-state index contributed by atoms with van der Waals surface area (Å²) in [5, 5.41) is 3.34. The zero-order valence-electron chi connectivity index (χ0n) is 14.2. The van der Waals surface area contributed by atoms with E-state index in [9.17, 15) is 4.79 Å². The predicted octanol–water partition coefficient (Wildman–Crippen LogP) is 2.29. The highest BCUT2D eigenvalue weighted by molar-refractivity contribution is 5.83. The van der Waals surface area contributed by atoms with Crippen molar-refractivity contribution in [2.24, 2.45) is 16.7 Å². The first-order valence-electron chi connectivity index (χ1n) is 8.38. The van der Waals surface area contributed by atoms with Gasteiger partial charge in [-0.2, -0.15) is 0 Å². The van der Waals surface area contributed by atoms with Crippen LogP contribution >= 0.6 is 0 Å². The van der Waals surface area contributed by atoms with Crippen LogP contribution in [0.3, 0.4) is 0 Å². The van der Waals surface area contributed by atoms with Gasteiger partial charge in [0.25, 0.3) is 0 Å². The first kappa shape index (κ1) is 16.8. The molecule has 0 spiro atoms. The largest absolute Gasteiger partial charge is 0.384 e. The third kappa shape index (κ3) is 3.78. The molecule has 0 aliphatic carbocycles. The van der Waals surface area contributed by atoms with E-state index in [1.807, 2.05) is 0 Å². The Morgan fingerprint density at radius 1 is 1.33 bits per heavy atom. The van der Waals surface area contributed by atoms with Gasteiger partial charge in [-0.15, -0.1) is 0 Å². The average molecular weight is 296 g/mol. The second-order valence-corrected chi connectivity index (χ2v) is 7.93. The zero-order valence-corrected chi connectivity index (χ0v) is 14.2. The van der Waals surface area contributed by atoms with Gasteiger partial charge < -0.3 is 15.0 Å². The molecule has 2 atom stereocenters. The molecular formula is C17H32N2O2. The molecule has 2 saturated heterocycles. The Kier molecular flexibility index (Phi) is 5.31. The van der Waals surface area contributed by atoms with Crippen molar-refractivity contribution in [3.8, 4) is 0 Å². The summed E-state index contributed by atoms with van der Waals surface area (Å²) in [6.07, 6.45) is 4.40.